The number of fused-ring (bicyclic) bond motifs is 1. The number of hydrogen-bond acceptors (Lipinski definition) is 4. The number of nitrogens with one attached hydrogen (secondary N) is 1. The highest BCUT2D eigenvalue weighted by atomic mass is 16.5. The van der Waals surface area contributed by atoms with Crippen LogP contribution < -0.4 is 5.32 Å². The summed E-state index contributed by atoms with van der Waals surface area (Å²) in [6.45, 7) is 4.84. The van der Waals surface area contributed by atoms with E-state index in [1.807, 2.05) is 0 Å². The second-order valence-corrected chi connectivity index (χ2v) is 10.5. The molecular formula is C31H36N2O4. The molecule has 6 nitrogen and oxygen atoms in total. The highest BCUT2D eigenvalue weighted by Gasteiger charge is 2.48. The Morgan fingerprint density at radius 3 is 2.46 bits per heavy atom. The number of hydrogen-bond donors (Lipinski definition) is 2. The number of ether oxygens (including phenoxy) is 1. The summed E-state index contributed by atoms with van der Waals surface area (Å²) >= 11 is 0. The first-order valence-corrected chi connectivity index (χ1v) is 13.4. The molecule has 194 valence electrons. The molecular weight excluding hydrogens is 464 g/mol. The van der Waals surface area contributed by atoms with Gasteiger partial charge in [0, 0.05) is 32.3 Å². The number of carboxylic acid groups (broad SMARTS) is 1. The fraction of sp³-hybridized carbons (Fsp3) is 0.419. The summed E-state index contributed by atoms with van der Waals surface area (Å²) in [4.78, 5) is 26.4. The summed E-state index contributed by atoms with van der Waals surface area (Å²) in [5.74, 6) is -1.22. The topological polar surface area (TPSA) is 78.9 Å². The quantitative estimate of drug-likeness (QED) is 0.416. The molecule has 0 saturated carbocycles. The molecule has 2 fully saturated rings. The van der Waals surface area contributed by atoms with Gasteiger partial charge in [-0.2, -0.15) is 0 Å². The van der Waals surface area contributed by atoms with Crippen molar-refractivity contribution in [2.75, 3.05) is 32.8 Å². The maximum Gasteiger partial charge on any atom is 0.310 e. The number of rotatable bonds is 9. The highest BCUT2D eigenvalue weighted by molar-refractivity contribution is 5.90. The Morgan fingerprint density at radius 1 is 1.03 bits per heavy atom. The van der Waals surface area contributed by atoms with Gasteiger partial charge in [0.05, 0.1) is 11.3 Å². The fourth-order valence-corrected chi connectivity index (χ4v) is 5.79. The van der Waals surface area contributed by atoms with Crippen LogP contribution in [0.1, 0.15) is 48.9 Å². The minimum absolute atomic E-state index is 0.0488. The molecule has 37 heavy (non-hydrogen) atoms. The predicted octanol–water partition coefficient (Wildman–Crippen LogP) is 4.71. The van der Waals surface area contributed by atoms with Crippen LogP contribution in [0.4, 0.5) is 0 Å². The first kappa shape index (κ1) is 25.4. The van der Waals surface area contributed by atoms with Crippen molar-refractivity contribution in [3.8, 4) is 0 Å². The molecule has 2 aliphatic rings. The smallest absolute Gasteiger partial charge is 0.310 e. The Bertz CT molecular complexity index is 1240. The number of carboxylic acids is 1. The van der Waals surface area contributed by atoms with Crippen molar-refractivity contribution in [2.24, 2.45) is 5.92 Å². The van der Waals surface area contributed by atoms with Crippen LogP contribution in [0.15, 0.2) is 66.7 Å². The van der Waals surface area contributed by atoms with Crippen molar-refractivity contribution < 1.29 is 19.4 Å². The molecule has 3 aromatic carbocycles. The lowest BCUT2D eigenvalue weighted by Crippen LogP contribution is -2.59. The molecule has 0 unspecified atom stereocenters. The fourth-order valence-electron chi connectivity index (χ4n) is 5.79. The van der Waals surface area contributed by atoms with Gasteiger partial charge in [0.25, 0.3) is 0 Å². The van der Waals surface area contributed by atoms with E-state index >= 15 is 0 Å². The lowest BCUT2D eigenvalue weighted by molar-refractivity contribution is -0.157. The third kappa shape index (κ3) is 5.27. The molecule has 5 rings (SSSR count). The maximum atomic E-state index is 13.5. The molecule has 0 aromatic heterocycles. The average Bonchev–Trinajstić information content (AvgIpc) is 2.90. The number of carbonyl (C=O) groups is 2. The second-order valence-electron chi connectivity index (χ2n) is 10.5. The van der Waals surface area contributed by atoms with E-state index in [1.54, 1.807) is 4.90 Å². The van der Waals surface area contributed by atoms with Gasteiger partial charge in [-0.1, -0.05) is 66.7 Å². The van der Waals surface area contributed by atoms with Gasteiger partial charge in [0.15, 0.2) is 0 Å². The van der Waals surface area contributed by atoms with Crippen molar-refractivity contribution in [3.05, 3.63) is 83.4 Å². The van der Waals surface area contributed by atoms with Gasteiger partial charge in [-0.15, -0.1) is 0 Å². The molecule has 2 N–H and O–H groups in total. The van der Waals surface area contributed by atoms with Crippen LogP contribution in [0, 0.1) is 5.92 Å². The summed E-state index contributed by atoms with van der Waals surface area (Å²) in [6, 6.07) is 23.8. The second kappa shape index (κ2) is 11.0. The summed E-state index contributed by atoms with van der Waals surface area (Å²) < 4.78 is 5.58. The summed E-state index contributed by atoms with van der Waals surface area (Å²) in [5, 5.41) is 15.5. The van der Waals surface area contributed by atoms with E-state index in [4.69, 9.17) is 4.74 Å². The van der Waals surface area contributed by atoms with Gasteiger partial charge in [0.1, 0.15) is 0 Å². The molecule has 2 saturated heterocycles. The number of nitrogens with zero attached hydrogens (tertiary/aromatic N) is 1. The third-order valence-electron chi connectivity index (χ3n) is 8.16. The minimum Gasteiger partial charge on any atom is -0.481 e. The van der Waals surface area contributed by atoms with Gasteiger partial charge >= 0.3 is 5.97 Å². The van der Waals surface area contributed by atoms with E-state index in [1.165, 1.54) is 21.9 Å². The van der Waals surface area contributed by atoms with Crippen molar-refractivity contribution in [3.63, 3.8) is 0 Å². The molecule has 0 bridgehead atoms. The van der Waals surface area contributed by atoms with Crippen LogP contribution in [0.25, 0.3) is 10.8 Å². The Labute approximate surface area is 218 Å². The van der Waals surface area contributed by atoms with E-state index in [-0.39, 0.29) is 11.9 Å². The zero-order valence-electron chi connectivity index (χ0n) is 21.5. The first-order valence-electron chi connectivity index (χ1n) is 13.4. The Balaban J connectivity index is 1.18. The monoisotopic (exact) mass is 500 g/mol. The third-order valence-corrected chi connectivity index (χ3v) is 8.16. The zero-order chi connectivity index (χ0) is 25.8. The first-order chi connectivity index (χ1) is 18.0. The number of likely N-dealkylation sites (tertiary alicyclic amines) is 1. The van der Waals surface area contributed by atoms with Crippen LogP contribution >= 0.6 is 0 Å². The Morgan fingerprint density at radius 2 is 1.73 bits per heavy atom. The molecule has 1 amide bonds. The lowest BCUT2D eigenvalue weighted by Gasteiger charge is -2.45. The zero-order valence-corrected chi connectivity index (χ0v) is 21.5. The predicted molar refractivity (Wildman–Crippen MR) is 145 cm³/mol. The van der Waals surface area contributed by atoms with Crippen LogP contribution in [0.3, 0.4) is 0 Å². The van der Waals surface area contributed by atoms with Gasteiger partial charge in [-0.05, 0) is 66.6 Å². The molecule has 2 heterocycles. The summed E-state index contributed by atoms with van der Waals surface area (Å²) in [7, 11) is 0. The maximum absolute atomic E-state index is 13.5. The Kier molecular flexibility index (Phi) is 7.58. The SMILES string of the molecule is C[C@@H](NCCCc1ccc(C2(C(=O)N3CC(C(=O)O)C3)CCOCC2)cc1)c1cccc2ccccc12. The lowest BCUT2D eigenvalue weighted by atomic mass is 9.72. The standard InChI is InChI=1S/C31H36N2O4/c1-22(27-10-4-8-24-7-2-3-9-28(24)27)32-17-5-6-23-11-13-26(14-12-23)31(15-18-37-19-16-31)30(36)33-20-25(21-33)29(34)35/h2-4,7-14,22,25,32H,5-6,15-21H2,1H3,(H,34,35)/t22-/m1/s1. The van der Waals surface area contributed by atoms with Crippen molar-refractivity contribution >= 4 is 22.6 Å². The van der Waals surface area contributed by atoms with Crippen LogP contribution in [-0.4, -0.2) is 54.7 Å². The van der Waals surface area contributed by atoms with E-state index in [9.17, 15) is 14.7 Å². The molecule has 3 aromatic rings. The van der Waals surface area contributed by atoms with Gasteiger partial charge in [-0.25, -0.2) is 0 Å². The average molecular weight is 501 g/mol. The van der Waals surface area contributed by atoms with Crippen LogP contribution in [-0.2, 0) is 26.2 Å². The van der Waals surface area contributed by atoms with Crippen molar-refractivity contribution in [1.29, 1.82) is 0 Å². The van der Waals surface area contributed by atoms with Crippen LogP contribution in [0.5, 0.6) is 0 Å². The number of aryl methyl sites for hydroxylation is 1. The summed E-state index contributed by atoms with van der Waals surface area (Å²) in [6.07, 6.45) is 3.26. The van der Waals surface area contributed by atoms with Gasteiger partial charge < -0.3 is 20.1 Å². The van der Waals surface area contributed by atoms with Crippen LogP contribution in [0.2, 0.25) is 0 Å². The summed E-state index contributed by atoms with van der Waals surface area (Å²) in [5.41, 5.74) is 2.99. The number of benzene rings is 3. The van der Waals surface area contributed by atoms with E-state index in [0.717, 1.165) is 24.9 Å². The molecule has 0 radical (unpaired) electrons. The minimum atomic E-state index is -0.824. The van der Waals surface area contributed by atoms with Gasteiger partial charge in [-0.3, -0.25) is 9.59 Å². The van der Waals surface area contributed by atoms with E-state index in [2.05, 4.69) is 79.0 Å². The van der Waals surface area contributed by atoms with E-state index < -0.39 is 17.3 Å². The normalized spacial score (nSPS) is 18.4. The number of carbonyl (C=O) groups excluding carboxylic acids is 1. The van der Waals surface area contributed by atoms with E-state index in [0.29, 0.717) is 39.1 Å². The Hall–Kier alpha value is -3.22. The largest absolute Gasteiger partial charge is 0.481 e. The molecule has 1 atom stereocenters. The molecule has 2 aliphatic heterocycles. The highest BCUT2D eigenvalue weighted by Crippen LogP contribution is 2.38. The number of aliphatic carboxylic acids is 1. The molecule has 6 heteroatoms. The van der Waals surface area contributed by atoms with Crippen molar-refractivity contribution in [2.45, 2.75) is 44.1 Å². The molecule has 0 spiro atoms. The van der Waals surface area contributed by atoms with Crippen molar-refractivity contribution in [1.82, 2.24) is 10.2 Å². The number of amides is 1. The van der Waals surface area contributed by atoms with Gasteiger partial charge in [0.2, 0.25) is 5.91 Å². The molecule has 0 aliphatic carbocycles.